The molecule has 6 N–H and O–H groups in total. The molecular formula is C77H133NO10. The molecule has 1 rings (SSSR count). The van der Waals surface area contributed by atoms with Gasteiger partial charge in [0.05, 0.1) is 25.4 Å². The minimum absolute atomic E-state index is 0.114. The van der Waals surface area contributed by atoms with Crippen LogP contribution in [0.4, 0.5) is 0 Å². The first kappa shape index (κ1) is 82.3. The summed E-state index contributed by atoms with van der Waals surface area (Å²) < 4.78 is 17.7. The topological polar surface area (TPSA) is 175 Å². The Morgan fingerprint density at radius 1 is 0.455 bits per heavy atom. The van der Waals surface area contributed by atoms with E-state index in [0.717, 1.165) is 122 Å². The van der Waals surface area contributed by atoms with Crippen molar-refractivity contribution < 1.29 is 49.3 Å². The number of carbonyl (C=O) groups is 2. The van der Waals surface area contributed by atoms with Crippen molar-refractivity contribution in [1.82, 2.24) is 5.32 Å². The third-order valence-electron chi connectivity index (χ3n) is 16.4. The normalized spacial score (nSPS) is 18.8. The summed E-state index contributed by atoms with van der Waals surface area (Å²) in [6.45, 7) is 5.67. The largest absolute Gasteiger partial charge is 0.454 e. The molecule has 0 aromatic rings. The fraction of sp³-hybridized carbons (Fsp3) is 0.740. The van der Waals surface area contributed by atoms with E-state index < -0.39 is 67.4 Å². The maximum atomic E-state index is 13.5. The highest BCUT2D eigenvalue weighted by Gasteiger charge is 2.47. The maximum absolute atomic E-state index is 13.5. The second-order valence-electron chi connectivity index (χ2n) is 24.6. The van der Waals surface area contributed by atoms with Crippen molar-refractivity contribution in [2.75, 3.05) is 13.2 Å². The van der Waals surface area contributed by atoms with Gasteiger partial charge in [0, 0.05) is 6.42 Å². The summed E-state index contributed by atoms with van der Waals surface area (Å²) in [4.78, 5) is 26.7. The van der Waals surface area contributed by atoms with Crippen LogP contribution in [0.2, 0.25) is 0 Å². The molecule has 0 aliphatic carbocycles. The molecule has 8 atom stereocenters. The van der Waals surface area contributed by atoms with Gasteiger partial charge in [-0.3, -0.25) is 9.59 Å². The van der Waals surface area contributed by atoms with Gasteiger partial charge in [0.1, 0.15) is 24.4 Å². The SMILES string of the molecule is CC/C=C\C/C=C\C/C=C\C/C=C\C/C=C\CCCCCCCCCCC(O)C(=O)NC(COC1OC(CO)C(O)C(O)C1OC(=O)CCCCCCCCCCCC/C=C\C/C=C\C/C=C\CCCCC)C(O)/C=C/CCCCCCCCCCCC. The van der Waals surface area contributed by atoms with Gasteiger partial charge in [-0.25, -0.2) is 0 Å². The van der Waals surface area contributed by atoms with Crippen molar-refractivity contribution in [2.24, 2.45) is 0 Å². The number of esters is 1. The van der Waals surface area contributed by atoms with Crippen LogP contribution in [0.5, 0.6) is 0 Å². The molecule has 0 spiro atoms. The van der Waals surface area contributed by atoms with Crippen LogP contribution < -0.4 is 5.32 Å². The number of ether oxygens (including phenoxy) is 3. The Morgan fingerprint density at radius 2 is 0.818 bits per heavy atom. The Morgan fingerprint density at radius 3 is 1.25 bits per heavy atom. The second kappa shape index (κ2) is 63.5. The summed E-state index contributed by atoms with van der Waals surface area (Å²) in [6, 6.07) is -1.04. The minimum atomic E-state index is -1.62. The average molecular weight is 1230 g/mol. The van der Waals surface area contributed by atoms with E-state index in [1.165, 1.54) is 135 Å². The maximum Gasteiger partial charge on any atom is 0.306 e. The number of nitrogens with one attached hydrogen (secondary N) is 1. The Hall–Kier alpha value is -3.68. The zero-order chi connectivity index (χ0) is 63.9. The molecule has 1 aliphatic heterocycles. The molecule has 0 aromatic carbocycles. The van der Waals surface area contributed by atoms with E-state index in [-0.39, 0.29) is 19.4 Å². The van der Waals surface area contributed by atoms with Gasteiger partial charge < -0.3 is 45.1 Å². The average Bonchev–Trinajstić information content (AvgIpc) is 3.72. The summed E-state index contributed by atoms with van der Waals surface area (Å²) in [5, 5.41) is 57.3. The van der Waals surface area contributed by atoms with Crippen LogP contribution in [0.3, 0.4) is 0 Å². The fourth-order valence-electron chi connectivity index (χ4n) is 10.7. The van der Waals surface area contributed by atoms with Gasteiger partial charge >= 0.3 is 5.97 Å². The van der Waals surface area contributed by atoms with Gasteiger partial charge in [-0.1, -0.05) is 297 Å². The molecule has 8 unspecified atom stereocenters. The Balaban J connectivity index is 2.58. The number of aliphatic hydroxyl groups is 5. The second-order valence-corrected chi connectivity index (χ2v) is 24.6. The molecule has 1 aliphatic rings. The molecule has 506 valence electrons. The first-order valence-electron chi connectivity index (χ1n) is 36.2. The van der Waals surface area contributed by atoms with Crippen molar-refractivity contribution in [3.8, 4) is 0 Å². The zero-order valence-electron chi connectivity index (χ0n) is 56.3. The molecule has 1 heterocycles. The first-order valence-corrected chi connectivity index (χ1v) is 36.2. The number of amides is 1. The van der Waals surface area contributed by atoms with Crippen LogP contribution in [0.15, 0.2) is 109 Å². The van der Waals surface area contributed by atoms with E-state index in [9.17, 15) is 35.1 Å². The molecule has 1 amide bonds. The highest BCUT2D eigenvalue weighted by atomic mass is 16.7. The van der Waals surface area contributed by atoms with Crippen LogP contribution in [0.25, 0.3) is 0 Å². The summed E-state index contributed by atoms with van der Waals surface area (Å²) in [7, 11) is 0. The van der Waals surface area contributed by atoms with Gasteiger partial charge in [0.2, 0.25) is 5.91 Å². The summed E-state index contributed by atoms with van der Waals surface area (Å²) in [5.74, 6) is -1.20. The van der Waals surface area contributed by atoms with Crippen LogP contribution in [0.1, 0.15) is 303 Å². The van der Waals surface area contributed by atoms with E-state index in [4.69, 9.17) is 14.2 Å². The van der Waals surface area contributed by atoms with Crippen molar-refractivity contribution in [1.29, 1.82) is 0 Å². The van der Waals surface area contributed by atoms with Gasteiger partial charge in [-0.15, -0.1) is 0 Å². The molecular weight excluding hydrogens is 1100 g/mol. The number of hydrogen-bond acceptors (Lipinski definition) is 10. The number of rotatable bonds is 61. The number of carbonyl (C=O) groups excluding carboxylic acids is 2. The lowest BCUT2D eigenvalue weighted by Gasteiger charge is -2.41. The predicted molar refractivity (Wildman–Crippen MR) is 370 cm³/mol. The van der Waals surface area contributed by atoms with Crippen LogP contribution in [-0.2, 0) is 23.8 Å². The summed E-state index contributed by atoms with van der Waals surface area (Å²) in [5.41, 5.74) is 0. The fourth-order valence-corrected chi connectivity index (χ4v) is 10.7. The van der Waals surface area contributed by atoms with E-state index in [2.05, 4.69) is 123 Å². The van der Waals surface area contributed by atoms with E-state index in [1.54, 1.807) is 6.08 Å². The monoisotopic (exact) mass is 1230 g/mol. The number of hydrogen-bond donors (Lipinski definition) is 6. The van der Waals surface area contributed by atoms with Crippen molar-refractivity contribution in [3.05, 3.63) is 109 Å². The first-order chi connectivity index (χ1) is 43.2. The third-order valence-corrected chi connectivity index (χ3v) is 16.4. The number of aliphatic hydroxyl groups excluding tert-OH is 5. The Bertz CT molecular complexity index is 1850. The predicted octanol–water partition coefficient (Wildman–Crippen LogP) is 18.8. The smallest absolute Gasteiger partial charge is 0.306 e. The highest BCUT2D eigenvalue weighted by molar-refractivity contribution is 5.80. The highest BCUT2D eigenvalue weighted by Crippen LogP contribution is 2.26. The van der Waals surface area contributed by atoms with E-state index in [0.29, 0.717) is 12.8 Å². The van der Waals surface area contributed by atoms with Crippen molar-refractivity contribution in [3.63, 3.8) is 0 Å². The van der Waals surface area contributed by atoms with Gasteiger partial charge in [0.25, 0.3) is 0 Å². The van der Waals surface area contributed by atoms with Gasteiger partial charge in [-0.2, -0.15) is 0 Å². The summed E-state index contributed by atoms with van der Waals surface area (Å²) >= 11 is 0. The molecule has 11 heteroatoms. The molecule has 11 nitrogen and oxygen atoms in total. The van der Waals surface area contributed by atoms with E-state index >= 15 is 0 Å². The molecule has 1 saturated heterocycles. The Labute approximate surface area is 538 Å². The van der Waals surface area contributed by atoms with Crippen molar-refractivity contribution in [2.45, 2.75) is 352 Å². The molecule has 0 aromatic heterocycles. The number of unbranched alkanes of at least 4 members (excludes halogenated alkanes) is 31. The van der Waals surface area contributed by atoms with Gasteiger partial charge in [-0.05, 0) is 109 Å². The lowest BCUT2D eigenvalue weighted by molar-refractivity contribution is -0.305. The molecule has 0 radical (unpaired) electrons. The Kier molecular flexibility index (Phi) is 59.4. The lowest BCUT2D eigenvalue weighted by Crippen LogP contribution is -2.61. The van der Waals surface area contributed by atoms with Crippen molar-refractivity contribution >= 4 is 11.9 Å². The minimum Gasteiger partial charge on any atom is -0.454 e. The van der Waals surface area contributed by atoms with Gasteiger partial charge in [0.15, 0.2) is 12.4 Å². The third kappa shape index (κ3) is 50.0. The van der Waals surface area contributed by atoms with Crippen LogP contribution in [0, 0.1) is 0 Å². The molecule has 0 saturated carbocycles. The molecule has 88 heavy (non-hydrogen) atoms. The number of allylic oxidation sites excluding steroid dienone is 17. The van der Waals surface area contributed by atoms with E-state index in [1.807, 2.05) is 6.08 Å². The quantitative estimate of drug-likeness (QED) is 0.0195. The summed E-state index contributed by atoms with van der Waals surface area (Å²) in [6.07, 6.45) is 76.9. The molecule has 0 bridgehead atoms. The lowest BCUT2D eigenvalue weighted by atomic mass is 9.99. The zero-order valence-corrected chi connectivity index (χ0v) is 56.3. The standard InChI is InChI=1S/C77H133NO10/c1-4-7-10-13-16-19-22-25-27-29-31-33-35-37-38-40-42-44-46-49-52-55-58-61-64-70(81)76(85)78-68(69(80)63-60-57-54-51-48-24-21-18-15-12-9-6-3)67-86-77-75(74(84)73(83)71(66-79)87-77)88-72(82)65-62-59-56-53-50-47-45-43-41-39-36-34-32-30-28-26-23-20-17-14-11-8-5-2/h7,10,16-17,19-20,25-28,31-34,37-38,60,63,68-71,73-75,77,79-81,83-84H,4-6,8-9,11-15,18,21-24,29-30,35-36,39-59,61-62,64-67H2,1-3H3,(H,78,85)/b10-7-,19-16-,20-17-,27-25-,28-26-,33-31-,34-32-,38-37-,63-60+. The van der Waals surface area contributed by atoms with Crippen LogP contribution in [-0.4, -0.2) is 99.6 Å². The molecule has 1 fully saturated rings. The van der Waals surface area contributed by atoms with Crippen LogP contribution >= 0.6 is 0 Å².